The summed E-state index contributed by atoms with van der Waals surface area (Å²) in [5.41, 5.74) is 0.665. The lowest BCUT2D eigenvalue weighted by atomic mass is 10.2. The summed E-state index contributed by atoms with van der Waals surface area (Å²) < 4.78 is 29.5. The van der Waals surface area contributed by atoms with E-state index in [-0.39, 0.29) is 5.75 Å². The molecule has 1 fully saturated rings. The summed E-state index contributed by atoms with van der Waals surface area (Å²) in [5, 5.41) is 6.42. The Morgan fingerprint density at radius 3 is 2.56 bits per heavy atom. The predicted molar refractivity (Wildman–Crippen MR) is 96.2 cm³/mol. The molecular formula is C18H28F2N4O. The highest BCUT2D eigenvalue weighted by Crippen LogP contribution is 2.19. The number of hydrogen-bond acceptors (Lipinski definition) is 3. The summed E-state index contributed by atoms with van der Waals surface area (Å²) in [7, 11) is 1.70. The zero-order valence-corrected chi connectivity index (χ0v) is 14.8. The first kappa shape index (κ1) is 19.4. The maximum atomic E-state index is 12.5. The Labute approximate surface area is 148 Å². The number of halogens is 2. The van der Waals surface area contributed by atoms with E-state index < -0.39 is 6.61 Å². The SMILES string of the molecule is CN=C(NCCN1CCCCCC1)NCc1ccccc1OC(F)F. The second-order valence-electron chi connectivity index (χ2n) is 6.09. The lowest BCUT2D eigenvalue weighted by molar-refractivity contribution is -0.0504. The molecule has 0 atom stereocenters. The van der Waals surface area contributed by atoms with Crippen LogP contribution in [0.1, 0.15) is 31.2 Å². The van der Waals surface area contributed by atoms with Crippen molar-refractivity contribution in [2.45, 2.75) is 38.8 Å². The summed E-state index contributed by atoms with van der Waals surface area (Å²) in [6, 6.07) is 6.77. The maximum absolute atomic E-state index is 12.5. The molecule has 5 nitrogen and oxygen atoms in total. The minimum Gasteiger partial charge on any atom is -0.434 e. The molecule has 0 amide bonds. The average Bonchev–Trinajstić information content (AvgIpc) is 2.87. The van der Waals surface area contributed by atoms with Gasteiger partial charge >= 0.3 is 6.61 Å². The number of nitrogens with one attached hydrogen (secondary N) is 2. The van der Waals surface area contributed by atoms with Gasteiger partial charge in [0, 0.05) is 32.2 Å². The third kappa shape index (κ3) is 7.25. The molecule has 25 heavy (non-hydrogen) atoms. The predicted octanol–water partition coefficient (Wildman–Crippen LogP) is 2.83. The van der Waals surface area contributed by atoms with Crippen LogP contribution >= 0.6 is 0 Å². The second kappa shape index (κ2) is 10.9. The van der Waals surface area contributed by atoms with E-state index in [9.17, 15) is 8.78 Å². The maximum Gasteiger partial charge on any atom is 0.387 e. The van der Waals surface area contributed by atoms with E-state index in [1.807, 2.05) is 0 Å². The van der Waals surface area contributed by atoms with Gasteiger partial charge in [-0.1, -0.05) is 31.0 Å². The molecule has 7 heteroatoms. The molecule has 0 aliphatic carbocycles. The van der Waals surface area contributed by atoms with Crippen molar-refractivity contribution in [3.8, 4) is 5.75 Å². The van der Waals surface area contributed by atoms with Crippen LogP contribution in [0.3, 0.4) is 0 Å². The highest BCUT2D eigenvalue weighted by Gasteiger charge is 2.10. The number of guanidine groups is 1. The van der Waals surface area contributed by atoms with E-state index in [4.69, 9.17) is 0 Å². The number of nitrogens with zero attached hydrogens (tertiary/aromatic N) is 2. The van der Waals surface area contributed by atoms with Crippen molar-refractivity contribution < 1.29 is 13.5 Å². The Morgan fingerprint density at radius 1 is 1.16 bits per heavy atom. The minimum atomic E-state index is -2.83. The Morgan fingerprint density at radius 2 is 1.88 bits per heavy atom. The lowest BCUT2D eigenvalue weighted by Crippen LogP contribution is -2.41. The van der Waals surface area contributed by atoms with E-state index in [0.717, 1.165) is 26.2 Å². The molecule has 140 valence electrons. The molecule has 1 saturated heterocycles. The van der Waals surface area contributed by atoms with E-state index in [1.54, 1.807) is 31.3 Å². The van der Waals surface area contributed by atoms with Crippen molar-refractivity contribution in [3.05, 3.63) is 29.8 Å². The van der Waals surface area contributed by atoms with Crippen molar-refractivity contribution in [1.82, 2.24) is 15.5 Å². The number of likely N-dealkylation sites (tertiary alicyclic amines) is 1. The summed E-state index contributed by atoms with van der Waals surface area (Å²) >= 11 is 0. The largest absolute Gasteiger partial charge is 0.434 e. The van der Waals surface area contributed by atoms with Crippen LogP contribution in [0.4, 0.5) is 8.78 Å². The molecule has 0 radical (unpaired) electrons. The van der Waals surface area contributed by atoms with E-state index in [2.05, 4.69) is 25.3 Å². The zero-order valence-electron chi connectivity index (χ0n) is 14.8. The van der Waals surface area contributed by atoms with Crippen LogP contribution in [0.2, 0.25) is 0 Å². The quantitative estimate of drug-likeness (QED) is 0.584. The lowest BCUT2D eigenvalue weighted by Gasteiger charge is -2.21. The second-order valence-corrected chi connectivity index (χ2v) is 6.09. The molecule has 1 aromatic carbocycles. The molecule has 2 N–H and O–H groups in total. The fourth-order valence-electron chi connectivity index (χ4n) is 2.95. The molecule has 1 heterocycles. The zero-order chi connectivity index (χ0) is 17.9. The van der Waals surface area contributed by atoms with Gasteiger partial charge in [-0.3, -0.25) is 4.99 Å². The Hall–Kier alpha value is -1.89. The fourth-order valence-corrected chi connectivity index (χ4v) is 2.95. The molecule has 0 spiro atoms. The topological polar surface area (TPSA) is 48.9 Å². The number of hydrogen-bond donors (Lipinski definition) is 2. The molecule has 1 aliphatic rings. The third-order valence-electron chi connectivity index (χ3n) is 4.28. The first-order valence-corrected chi connectivity index (χ1v) is 8.88. The van der Waals surface area contributed by atoms with E-state index >= 15 is 0 Å². The van der Waals surface area contributed by atoms with Crippen molar-refractivity contribution >= 4 is 5.96 Å². The third-order valence-corrected chi connectivity index (χ3v) is 4.28. The van der Waals surface area contributed by atoms with Gasteiger partial charge in [-0.25, -0.2) is 0 Å². The van der Waals surface area contributed by atoms with Crippen LogP contribution in [-0.2, 0) is 6.54 Å². The first-order valence-electron chi connectivity index (χ1n) is 8.88. The van der Waals surface area contributed by atoms with Crippen molar-refractivity contribution in [3.63, 3.8) is 0 Å². The van der Waals surface area contributed by atoms with Gasteiger partial charge in [0.15, 0.2) is 5.96 Å². The number of rotatable bonds is 7. The van der Waals surface area contributed by atoms with Crippen LogP contribution in [0.15, 0.2) is 29.3 Å². The molecule has 1 aliphatic heterocycles. The van der Waals surface area contributed by atoms with Crippen LogP contribution in [0.5, 0.6) is 5.75 Å². The van der Waals surface area contributed by atoms with Crippen molar-refractivity contribution in [2.24, 2.45) is 4.99 Å². The molecule has 0 saturated carbocycles. The Kier molecular flexibility index (Phi) is 8.45. The van der Waals surface area contributed by atoms with Gasteiger partial charge in [0.1, 0.15) is 5.75 Å². The van der Waals surface area contributed by atoms with Crippen LogP contribution < -0.4 is 15.4 Å². The van der Waals surface area contributed by atoms with Crippen LogP contribution in [0.25, 0.3) is 0 Å². The fraction of sp³-hybridized carbons (Fsp3) is 0.611. The minimum absolute atomic E-state index is 0.185. The standard InChI is InChI=1S/C18H28F2N4O/c1-21-18(22-10-13-24-11-6-2-3-7-12-24)23-14-15-8-4-5-9-16(15)25-17(19)20/h4-5,8-9,17H,2-3,6-7,10-14H2,1H3,(H2,21,22,23). The van der Waals surface area contributed by atoms with Crippen molar-refractivity contribution in [1.29, 1.82) is 0 Å². The number of para-hydroxylation sites is 1. The van der Waals surface area contributed by atoms with Gasteiger partial charge in [-0.15, -0.1) is 0 Å². The molecule has 1 aromatic rings. The first-order chi connectivity index (χ1) is 12.2. The number of alkyl halides is 2. The highest BCUT2D eigenvalue weighted by molar-refractivity contribution is 5.79. The summed E-state index contributed by atoms with van der Waals surface area (Å²) in [4.78, 5) is 6.65. The number of ether oxygens (including phenoxy) is 1. The summed E-state index contributed by atoms with van der Waals surface area (Å²) in [5.74, 6) is 0.840. The summed E-state index contributed by atoms with van der Waals surface area (Å²) in [6.07, 6.45) is 5.20. The van der Waals surface area contributed by atoms with Gasteiger partial charge in [-0.2, -0.15) is 8.78 Å². The highest BCUT2D eigenvalue weighted by atomic mass is 19.3. The van der Waals surface area contributed by atoms with Gasteiger partial charge in [0.25, 0.3) is 0 Å². The average molecular weight is 354 g/mol. The molecule has 0 bridgehead atoms. The van der Waals surface area contributed by atoms with Gasteiger partial charge in [-0.05, 0) is 32.0 Å². The van der Waals surface area contributed by atoms with Gasteiger partial charge in [0.05, 0.1) is 0 Å². The molecule has 0 unspecified atom stereocenters. The normalized spacial score (nSPS) is 16.6. The number of benzene rings is 1. The Balaban J connectivity index is 1.76. The van der Waals surface area contributed by atoms with Gasteiger partial charge < -0.3 is 20.3 Å². The summed E-state index contributed by atoms with van der Waals surface area (Å²) in [6.45, 7) is 1.64. The Bertz CT molecular complexity index is 532. The molecule has 0 aromatic heterocycles. The van der Waals surface area contributed by atoms with E-state index in [1.165, 1.54) is 25.7 Å². The van der Waals surface area contributed by atoms with Crippen LogP contribution in [0, 0.1) is 0 Å². The molecular weight excluding hydrogens is 326 g/mol. The van der Waals surface area contributed by atoms with Gasteiger partial charge in [0.2, 0.25) is 0 Å². The molecule has 2 rings (SSSR count). The number of aliphatic imine (C=N–C) groups is 1. The smallest absolute Gasteiger partial charge is 0.387 e. The van der Waals surface area contributed by atoms with E-state index in [0.29, 0.717) is 18.1 Å². The van der Waals surface area contributed by atoms with Crippen molar-refractivity contribution in [2.75, 3.05) is 33.2 Å². The van der Waals surface area contributed by atoms with Crippen LogP contribution in [-0.4, -0.2) is 50.7 Å². The monoisotopic (exact) mass is 354 g/mol.